The molecule has 0 bridgehead atoms. The molecule has 3 rings (SSSR count). The van der Waals surface area contributed by atoms with Crippen LogP contribution in [0.3, 0.4) is 0 Å². The van der Waals surface area contributed by atoms with Crippen molar-refractivity contribution in [2.45, 2.75) is 0 Å². The summed E-state index contributed by atoms with van der Waals surface area (Å²) in [5.74, 6) is -1.61. The van der Waals surface area contributed by atoms with Gasteiger partial charge in [0, 0.05) is 5.39 Å². The summed E-state index contributed by atoms with van der Waals surface area (Å²) in [4.78, 5) is 43.7. The van der Waals surface area contributed by atoms with Crippen molar-refractivity contribution in [3.05, 3.63) is 36.4 Å². The second kappa shape index (κ2) is 7.71. The van der Waals surface area contributed by atoms with E-state index in [4.69, 9.17) is 20.4 Å². The van der Waals surface area contributed by atoms with Crippen LogP contribution >= 0.6 is 0 Å². The molecule has 12 heteroatoms. The first-order valence-corrected chi connectivity index (χ1v) is 7.82. The molecule has 0 amide bonds. The third-order valence-electron chi connectivity index (χ3n) is 3.78. The van der Waals surface area contributed by atoms with Crippen molar-refractivity contribution in [2.24, 2.45) is 0 Å². The Morgan fingerprint density at radius 2 is 1.03 bits per heavy atom. The van der Waals surface area contributed by atoms with Crippen LogP contribution < -0.4 is 18.9 Å². The van der Waals surface area contributed by atoms with Crippen LogP contribution in [0.2, 0.25) is 0 Å². The standard InChI is InChI=1S/C18H10O12/c19-15(20)27-11-4-3-8-9(14(11)30-18(25)26)2-1-7-5-12(28-16(21)22)13(6-10(7)8)29-17(23)24/h1-6H,(H,19,20)(H,21,22)(H,23,24)(H,25,26). The maximum Gasteiger partial charge on any atom is 0.511 e. The number of fused-ring (bicyclic) bond motifs is 3. The van der Waals surface area contributed by atoms with Crippen LogP contribution in [0.5, 0.6) is 23.0 Å². The number of hydrogen-bond acceptors (Lipinski definition) is 8. The molecule has 12 nitrogen and oxygen atoms in total. The lowest BCUT2D eigenvalue weighted by molar-refractivity contribution is 0.133. The van der Waals surface area contributed by atoms with E-state index in [1.807, 2.05) is 0 Å². The van der Waals surface area contributed by atoms with Crippen LogP contribution in [0.25, 0.3) is 21.5 Å². The molecule has 0 saturated heterocycles. The third-order valence-corrected chi connectivity index (χ3v) is 3.78. The molecule has 4 N–H and O–H groups in total. The van der Waals surface area contributed by atoms with E-state index in [-0.39, 0.29) is 16.9 Å². The zero-order valence-electron chi connectivity index (χ0n) is 14.5. The molecular formula is C18H10O12. The van der Waals surface area contributed by atoms with Crippen LogP contribution in [0, 0.1) is 0 Å². The normalized spacial score (nSPS) is 10.4. The molecule has 0 spiro atoms. The quantitative estimate of drug-likeness (QED) is 0.269. The zero-order chi connectivity index (χ0) is 22.0. The van der Waals surface area contributed by atoms with Crippen molar-refractivity contribution in [1.82, 2.24) is 0 Å². The lowest BCUT2D eigenvalue weighted by Crippen LogP contribution is -2.09. The summed E-state index contributed by atoms with van der Waals surface area (Å²) in [6, 6.07) is 7.72. The van der Waals surface area contributed by atoms with Crippen molar-refractivity contribution in [1.29, 1.82) is 0 Å². The first kappa shape index (κ1) is 20.0. The molecule has 0 unspecified atom stereocenters. The number of benzene rings is 3. The SMILES string of the molecule is O=C(O)Oc1cc2ccc3c(OC(=O)O)c(OC(=O)O)ccc3c2cc1OC(=O)O. The van der Waals surface area contributed by atoms with Crippen molar-refractivity contribution in [3.63, 3.8) is 0 Å². The molecule has 0 saturated carbocycles. The van der Waals surface area contributed by atoms with Crippen LogP contribution in [0.1, 0.15) is 0 Å². The van der Waals surface area contributed by atoms with Crippen molar-refractivity contribution >= 4 is 46.2 Å². The van der Waals surface area contributed by atoms with E-state index in [9.17, 15) is 19.2 Å². The topological polar surface area (TPSA) is 186 Å². The monoisotopic (exact) mass is 418 g/mol. The highest BCUT2D eigenvalue weighted by Gasteiger charge is 2.20. The Morgan fingerprint density at radius 3 is 1.60 bits per heavy atom. The van der Waals surface area contributed by atoms with Gasteiger partial charge in [-0.15, -0.1) is 0 Å². The van der Waals surface area contributed by atoms with Crippen molar-refractivity contribution in [2.75, 3.05) is 0 Å². The van der Waals surface area contributed by atoms with E-state index in [1.165, 1.54) is 30.3 Å². The number of ether oxygens (including phenoxy) is 4. The summed E-state index contributed by atoms with van der Waals surface area (Å²) in [6.07, 6.45) is -6.84. The second-order valence-electron chi connectivity index (χ2n) is 5.55. The van der Waals surface area contributed by atoms with Gasteiger partial charge < -0.3 is 39.4 Å². The molecule has 0 fully saturated rings. The maximum absolute atomic E-state index is 11.1. The second-order valence-corrected chi connectivity index (χ2v) is 5.55. The lowest BCUT2D eigenvalue weighted by atomic mass is 10.0. The van der Waals surface area contributed by atoms with Gasteiger partial charge in [-0.1, -0.05) is 6.07 Å². The number of carbonyl (C=O) groups is 4. The zero-order valence-corrected chi connectivity index (χ0v) is 14.5. The molecule has 0 aromatic heterocycles. The summed E-state index contributed by atoms with van der Waals surface area (Å²) >= 11 is 0. The van der Waals surface area contributed by atoms with Gasteiger partial charge in [-0.25, -0.2) is 19.2 Å². The molecule has 0 radical (unpaired) electrons. The minimum atomic E-state index is -1.73. The summed E-state index contributed by atoms with van der Waals surface area (Å²) in [5, 5.41) is 36.6. The Labute approximate surface area is 165 Å². The van der Waals surface area contributed by atoms with Gasteiger partial charge in [-0.05, 0) is 46.5 Å². The van der Waals surface area contributed by atoms with E-state index in [2.05, 4.69) is 18.9 Å². The minimum Gasteiger partial charge on any atom is -0.449 e. The summed E-state index contributed by atoms with van der Waals surface area (Å²) < 4.78 is 18.3. The van der Waals surface area contributed by atoms with Crippen LogP contribution in [0.15, 0.2) is 36.4 Å². The van der Waals surface area contributed by atoms with Gasteiger partial charge in [0.15, 0.2) is 23.0 Å². The van der Waals surface area contributed by atoms with Crippen molar-refractivity contribution in [3.8, 4) is 23.0 Å². The molecule has 0 aliphatic carbocycles. The molecular weight excluding hydrogens is 408 g/mol. The van der Waals surface area contributed by atoms with Gasteiger partial charge in [-0.3, -0.25) is 0 Å². The highest BCUT2D eigenvalue weighted by Crippen LogP contribution is 2.42. The van der Waals surface area contributed by atoms with E-state index >= 15 is 0 Å². The van der Waals surface area contributed by atoms with E-state index in [0.717, 1.165) is 6.07 Å². The third kappa shape index (κ3) is 4.06. The molecule has 0 atom stereocenters. The van der Waals surface area contributed by atoms with Crippen LogP contribution in [-0.4, -0.2) is 45.0 Å². The lowest BCUT2D eigenvalue weighted by Gasteiger charge is -2.13. The number of carboxylic acid groups (broad SMARTS) is 4. The number of rotatable bonds is 4. The summed E-state index contributed by atoms with van der Waals surface area (Å²) in [6.45, 7) is 0. The number of hydrogen-bond donors (Lipinski definition) is 4. The predicted molar refractivity (Wildman–Crippen MR) is 96.1 cm³/mol. The Kier molecular flexibility index (Phi) is 5.14. The fourth-order valence-electron chi connectivity index (χ4n) is 2.81. The molecule has 30 heavy (non-hydrogen) atoms. The van der Waals surface area contributed by atoms with E-state index in [0.29, 0.717) is 16.2 Å². The van der Waals surface area contributed by atoms with E-state index in [1.54, 1.807) is 0 Å². The van der Waals surface area contributed by atoms with Gasteiger partial charge in [0.2, 0.25) is 0 Å². The molecule has 0 aliphatic heterocycles. The molecule has 0 heterocycles. The van der Waals surface area contributed by atoms with Gasteiger partial charge in [-0.2, -0.15) is 0 Å². The molecule has 3 aromatic rings. The first-order valence-electron chi connectivity index (χ1n) is 7.82. The Morgan fingerprint density at radius 1 is 0.533 bits per heavy atom. The average Bonchev–Trinajstić information content (AvgIpc) is 2.62. The molecule has 154 valence electrons. The predicted octanol–water partition coefficient (Wildman–Crippen LogP) is 4.22. The van der Waals surface area contributed by atoms with Crippen LogP contribution in [0.4, 0.5) is 19.2 Å². The van der Waals surface area contributed by atoms with Gasteiger partial charge in [0.25, 0.3) is 0 Å². The fourth-order valence-corrected chi connectivity index (χ4v) is 2.81. The Balaban J connectivity index is 2.31. The van der Waals surface area contributed by atoms with Gasteiger partial charge in [0.05, 0.1) is 0 Å². The molecule has 3 aromatic carbocycles. The van der Waals surface area contributed by atoms with Crippen LogP contribution in [-0.2, 0) is 0 Å². The highest BCUT2D eigenvalue weighted by molar-refractivity contribution is 6.11. The maximum atomic E-state index is 11.1. The van der Waals surface area contributed by atoms with Gasteiger partial charge in [0.1, 0.15) is 0 Å². The minimum absolute atomic E-state index is 0.122. The van der Waals surface area contributed by atoms with E-state index < -0.39 is 36.1 Å². The van der Waals surface area contributed by atoms with Crippen molar-refractivity contribution < 1.29 is 58.6 Å². The Hall–Kier alpha value is -4.74. The summed E-state index contributed by atoms with van der Waals surface area (Å²) in [7, 11) is 0. The fraction of sp³-hybridized carbons (Fsp3) is 0. The average molecular weight is 418 g/mol. The van der Waals surface area contributed by atoms with Gasteiger partial charge >= 0.3 is 24.6 Å². The largest absolute Gasteiger partial charge is 0.511 e. The highest BCUT2D eigenvalue weighted by atomic mass is 16.7. The molecule has 0 aliphatic rings. The first-order chi connectivity index (χ1) is 14.2. The smallest absolute Gasteiger partial charge is 0.449 e. The Bertz CT molecular complexity index is 1200. The summed E-state index contributed by atoms with van der Waals surface area (Å²) in [5.41, 5.74) is 0.